The molecule has 3 nitrogen and oxygen atoms in total. The highest BCUT2D eigenvalue weighted by molar-refractivity contribution is 6.04. The number of carbonyl (C=O) groups is 1. The summed E-state index contributed by atoms with van der Waals surface area (Å²) in [7, 11) is 0. The monoisotopic (exact) mass is 266 g/mol. The van der Waals surface area contributed by atoms with Gasteiger partial charge in [0.15, 0.2) is 0 Å². The van der Waals surface area contributed by atoms with E-state index in [-0.39, 0.29) is 16.9 Å². The second-order valence-electron chi connectivity index (χ2n) is 3.85. The van der Waals surface area contributed by atoms with Gasteiger partial charge in [-0.25, -0.2) is 13.2 Å². The number of halogens is 3. The molecule has 0 spiro atoms. The highest BCUT2D eigenvalue weighted by atomic mass is 19.1. The maximum atomic E-state index is 13.5. The molecule has 0 unspecified atom stereocenters. The van der Waals surface area contributed by atoms with Crippen molar-refractivity contribution in [3.63, 3.8) is 0 Å². The molecule has 0 aliphatic heterocycles. The molecule has 3 N–H and O–H groups in total. The Hall–Kier alpha value is -2.50. The van der Waals surface area contributed by atoms with Gasteiger partial charge in [-0.1, -0.05) is 0 Å². The molecule has 98 valence electrons. The van der Waals surface area contributed by atoms with Gasteiger partial charge in [0, 0.05) is 17.4 Å². The molecule has 1 amide bonds. The number of anilines is 2. The van der Waals surface area contributed by atoms with Crippen LogP contribution in [-0.4, -0.2) is 5.91 Å². The number of hydrogen-bond acceptors (Lipinski definition) is 2. The van der Waals surface area contributed by atoms with Crippen LogP contribution in [0.2, 0.25) is 0 Å². The Morgan fingerprint density at radius 2 is 1.63 bits per heavy atom. The zero-order chi connectivity index (χ0) is 14.0. The standard InChI is InChI=1S/C13H9F3N2O/c14-7-3-8(15)5-10(4-7)18-13(19)11-2-1-9(17)6-12(11)16/h1-6H,17H2,(H,18,19). The van der Waals surface area contributed by atoms with Gasteiger partial charge >= 0.3 is 0 Å². The van der Waals surface area contributed by atoms with Crippen molar-refractivity contribution in [1.29, 1.82) is 0 Å². The van der Waals surface area contributed by atoms with E-state index in [9.17, 15) is 18.0 Å². The van der Waals surface area contributed by atoms with Crippen LogP contribution in [0.4, 0.5) is 24.5 Å². The summed E-state index contributed by atoms with van der Waals surface area (Å²) in [4.78, 5) is 11.7. The quantitative estimate of drug-likeness (QED) is 0.821. The third-order valence-corrected chi connectivity index (χ3v) is 2.36. The first-order chi connectivity index (χ1) is 8.95. The zero-order valence-electron chi connectivity index (χ0n) is 9.58. The normalized spacial score (nSPS) is 10.3. The Bertz CT molecular complexity index is 624. The zero-order valence-corrected chi connectivity index (χ0v) is 9.58. The van der Waals surface area contributed by atoms with Crippen LogP contribution in [-0.2, 0) is 0 Å². The van der Waals surface area contributed by atoms with Crippen molar-refractivity contribution in [3.05, 3.63) is 59.4 Å². The molecule has 0 saturated carbocycles. The van der Waals surface area contributed by atoms with E-state index >= 15 is 0 Å². The summed E-state index contributed by atoms with van der Waals surface area (Å²) < 4.78 is 39.3. The predicted molar refractivity (Wildman–Crippen MR) is 65.1 cm³/mol. The van der Waals surface area contributed by atoms with Crippen LogP contribution in [0.1, 0.15) is 10.4 Å². The minimum atomic E-state index is -0.840. The number of carbonyl (C=O) groups excluding carboxylic acids is 1. The SMILES string of the molecule is Nc1ccc(C(=O)Nc2cc(F)cc(F)c2)c(F)c1. The molecule has 0 aliphatic rings. The van der Waals surface area contributed by atoms with Crippen LogP contribution in [0.25, 0.3) is 0 Å². The highest BCUT2D eigenvalue weighted by Crippen LogP contribution is 2.16. The smallest absolute Gasteiger partial charge is 0.258 e. The third-order valence-electron chi connectivity index (χ3n) is 2.36. The molecule has 0 fully saturated rings. The second kappa shape index (κ2) is 5.01. The first kappa shape index (κ1) is 12.9. The van der Waals surface area contributed by atoms with E-state index in [1.54, 1.807) is 0 Å². The number of nitrogen functional groups attached to an aromatic ring is 1. The number of nitrogens with one attached hydrogen (secondary N) is 1. The van der Waals surface area contributed by atoms with Crippen LogP contribution < -0.4 is 11.1 Å². The van der Waals surface area contributed by atoms with E-state index in [1.807, 2.05) is 0 Å². The van der Waals surface area contributed by atoms with Gasteiger partial charge in [-0.15, -0.1) is 0 Å². The third kappa shape index (κ3) is 3.04. The maximum absolute atomic E-state index is 13.5. The lowest BCUT2D eigenvalue weighted by atomic mass is 10.1. The number of benzene rings is 2. The van der Waals surface area contributed by atoms with E-state index in [0.717, 1.165) is 18.2 Å². The van der Waals surface area contributed by atoms with Crippen molar-refractivity contribution in [2.45, 2.75) is 0 Å². The molecule has 0 radical (unpaired) electrons. The Morgan fingerprint density at radius 1 is 1.00 bits per heavy atom. The van der Waals surface area contributed by atoms with Crippen LogP contribution in [0.3, 0.4) is 0 Å². The Morgan fingerprint density at radius 3 is 2.21 bits per heavy atom. The minimum Gasteiger partial charge on any atom is -0.399 e. The lowest BCUT2D eigenvalue weighted by molar-refractivity contribution is 0.102. The number of amides is 1. The van der Waals surface area contributed by atoms with Crippen molar-refractivity contribution in [1.82, 2.24) is 0 Å². The van der Waals surface area contributed by atoms with Crippen LogP contribution in [0, 0.1) is 17.5 Å². The van der Waals surface area contributed by atoms with E-state index in [0.29, 0.717) is 6.07 Å². The lowest BCUT2D eigenvalue weighted by Crippen LogP contribution is -2.14. The molecule has 6 heteroatoms. The first-order valence-electron chi connectivity index (χ1n) is 5.28. The van der Waals surface area contributed by atoms with Crippen molar-refractivity contribution >= 4 is 17.3 Å². The van der Waals surface area contributed by atoms with Gasteiger partial charge in [0.1, 0.15) is 17.5 Å². The Kier molecular flexibility index (Phi) is 3.41. The van der Waals surface area contributed by atoms with Crippen LogP contribution >= 0.6 is 0 Å². The molecule has 0 saturated heterocycles. The van der Waals surface area contributed by atoms with Gasteiger partial charge < -0.3 is 11.1 Å². The molecular formula is C13H9F3N2O. The summed E-state index contributed by atoms with van der Waals surface area (Å²) >= 11 is 0. The van der Waals surface area contributed by atoms with Gasteiger partial charge in [-0.2, -0.15) is 0 Å². The molecular weight excluding hydrogens is 257 g/mol. The predicted octanol–water partition coefficient (Wildman–Crippen LogP) is 2.94. The van der Waals surface area contributed by atoms with Crippen LogP contribution in [0.15, 0.2) is 36.4 Å². The summed E-state index contributed by atoms with van der Waals surface area (Å²) in [5.41, 5.74) is 5.16. The fourth-order valence-corrected chi connectivity index (χ4v) is 1.54. The van der Waals surface area contributed by atoms with Crippen molar-refractivity contribution < 1.29 is 18.0 Å². The molecule has 19 heavy (non-hydrogen) atoms. The molecule has 0 heterocycles. The summed E-state index contributed by atoms with van der Waals surface area (Å²) in [5.74, 6) is -3.31. The lowest BCUT2D eigenvalue weighted by Gasteiger charge is -2.07. The van der Waals surface area contributed by atoms with Gasteiger partial charge in [0.25, 0.3) is 5.91 Å². The average Bonchev–Trinajstić information content (AvgIpc) is 2.26. The van der Waals surface area contributed by atoms with Gasteiger partial charge in [0.05, 0.1) is 5.56 Å². The molecule has 2 aromatic carbocycles. The number of nitrogens with two attached hydrogens (primary N) is 1. The van der Waals surface area contributed by atoms with E-state index in [4.69, 9.17) is 5.73 Å². The average molecular weight is 266 g/mol. The van der Waals surface area contributed by atoms with Gasteiger partial charge in [-0.05, 0) is 30.3 Å². The fraction of sp³-hybridized carbons (Fsp3) is 0. The first-order valence-corrected chi connectivity index (χ1v) is 5.28. The maximum Gasteiger partial charge on any atom is 0.258 e. The van der Waals surface area contributed by atoms with E-state index < -0.39 is 23.4 Å². The molecule has 2 aromatic rings. The van der Waals surface area contributed by atoms with E-state index in [2.05, 4.69) is 5.32 Å². The van der Waals surface area contributed by atoms with Crippen LogP contribution in [0.5, 0.6) is 0 Å². The fourth-order valence-electron chi connectivity index (χ4n) is 1.54. The molecule has 2 rings (SSSR count). The van der Waals surface area contributed by atoms with Crippen molar-refractivity contribution in [2.75, 3.05) is 11.1 Å². The van der Waals surface area contributed by atoms with Gasteiger partial charge in [0.2, 0.25) is 0 Å². The second-order valence-corrected chi connectivity index (χ2v) is 3.85. The highest BCUT2D eigenvalue weighted by Gasteiger charge is 2.12. The molecule has 0 aliphatic carbocycles. The van der Waals surface area contributed by atoms with Crippen molar-refractivity contribution in [3.8, 4) is 0 Å². The Labute approximate surface area is 106 Å². The van der Waals surface area contributed by atoms with Gasteiger partial charge in [-0.3, -0.25) is 4.79 Å². The van der Waals surface area contributed by atoms with Crippen molar-refractivity contribution in [2.24, 2.45) is 0 Å². The summed E-state index contributed by atoms with van der Waals surface area (Å²) in [5, 5.41) is 2.20. The molecule has 0 atom stereocenters. The Balaban J connectivity index is 2.25. The van der Waals surface area contributed by atoms with E-state index in [1.165, 1.54) is 12.1 Å². The minimum absolute atomic E-state index is 0.0984. The summed E-state index contributed by atoms with van der Waals surface area (Å²) in [6.07, 6.45) is 0. The molecule has 0 bridgehead atoms. The topological polar surface area (TPSA) is 55.1 Å². The largest absolute Gasteiger partial charge is 0.399 e. The number of hydrogen-bond donors (Lipinski definition) is 2. The molecule has 0 aromatic heterocycles. The summed E-state index contributed by atoms with van der Waals surface area (Å²) in [6.45, 7) is 0. The summed E-state index contributed by atoms with van der Waals surface area (Å²) in [6, 6.07) is 6.05. The number of rotatable bonds is 2.